The normalized spacial score (nSPS) is 20.7. The molecule has 0 radical (unpaired) electrons. The third-order valence-corrected chi connectivity index (χ3v) is 4.68. The molecule has 0 unspecified atom stereocenters. The number of carboxylic acid groups (broad SMARTS) is 1. The van der Waals surface area contributed by atoms with E-state index >= 15 is 0 Å². The van der Waals surface area contributed by atoms with E-state index in [2.05, 4.69) is 13.0 Å². The van der Waals surface area contributed by atoms with Crippen LogP contribution in [0.15, 0.2) is 12.1 Å². The molecule has 0 aromatic heterocycles. The molecule has 3 heteroatoms. The molecule has 0 heterocycles. The monoisotopic (exact) mass is 260 g/mol. The molecule has 0 atom stereocenters. The molecule has 0 amide bonds. The predicted octanol–water partition coefficient (Wildman–Crippen LogP) is 3.39. The van der Waals surface area contributed by atoms with Crippen LogP contribution in [-0.2, 0) is 10.2 Å². The van der Waals surface area contributed by atoms with Gasteiger partial charge in [0.25, 0.3) is 0 Å². The minimum absolute atomic E-state index is 0.528. The quantitative estimate of drug-likeness (QED) is 0.902. The van der Waals surface area contributed by atoms with Crippen LogP contribution in [0.25, 0.3) is 0 Å². The summed E-state index contributed by atoms with van der Waals surface area (Å²) < 4.78 is 5.50. The topological polar surface area (TPSA) is 46.5 Å². The molecular weight excluding hydrogens is 240 g/mol. The van der Waals surface area contributed by atoms with Crippen molar-refractivity contribution in [3.05, 3.63) is 28.8 Å². The first-order chi connectivity index (χ1) is 9.08. The van der Waals surface area contributed by atoms with Gasteiger partial charge < -0.3 is 9.84 Å². The van der Waals surface area contributed by atoms with E-state index in [9.17, 15) is 9.90 Å². The fourth-order valence-electron chi connectivity index (χ4n) is 3.19. The minimum atomic E-state index is -0.699. The molecule has 2 fully saturated rings. The van der Waals surface area contributed by atoms with Gasteiger partial charge in [-0.15, -0.1) is 0 Å². The number of aryl methyl sites for hydroxylation is 1. The number of carboxylic acids is 1. The van der Waals surface area contributed by atoms with Gasteiger partial charge in [0, 0.05) is 5.56 Å². The molecule has 0 saturated heterocycles. The zero-order chi connectivity index (χ0) is 13.6. The highest BCUT2D eigenvalue weighted by Gasteiger charge is 2.55. The van der Waals surface area contributed by atoms with Gasteiger partial charge in [-0.2, -0.15) is 0 Å². The Morgan fingerprint density at radius 3 is 2.47 bits per heavy atom. The van der Waals surface area contributed by atoms with Gasteiger partial charge in [0.05, 0.1) is 12.5 Å². The summed E-state index contributed by atoms with van der Waals surface area (Å²) in [6.07, 6.45) is 5.08. The van der Waals surface area contributed by atoms with Gasteiger partial charge in [-0.1, -0.05) is 12.5 Å². The van der Waals surface area contributed by atoms with Gasteiger partial charge in [0.2, 0.25) is 0 Å². The molecule has 1 aromatic carbocycles. The highest BCUT2D eigenvalue weighted by molar-refractivity contribution is 5.87. The Balaban J connectivity index is 2.17. The van der Waals surface area contributed by atoms with E-state index in [4.69, 9.17) is 4.74 Å². The molecule has 2 aliphatic rings. The van der Waals surface area contributed by atoms with Crippen LogP contribution in [0, 0.1) is 6.92 Å². The number of ether oxygens (including phenoxy) is 1. The first-order valence-corrected chi connectivity index (χ1v) is 7.01. The van der Waals surface area contributed by atoms with Crippen LogP contribution in [0.3, 0.4) is 0 Å². The molecule has 1 N–H and O–H groups in total. The third kappa shape index (κ3) is 1.83. The van der Waals surface area contributed by atoms with Crippen LogP contribution in [0.4, 0.5) is 0 Å². The number of rotatable bonds is 4. The molecule has 3 rings (SSSR count). The number of aliphatic carboxylic acids is 1. The van der Waals surface area contributed by atoms with Crippen LogP contribution < -0.4 is 4.74 Å². The molecular formula is C16H20O3. The Hall–Kier alpha value is -1.51. The van der Waals surface area contributed by atoms with Crippen molar-refractivity contribution < 1.29 is 14.6 Å². The molecule has 0 aliphatic heterocycles. The van der Waals surface area contributed by atoms with Crippen molar-refractivity contribution in [2.75, 3.05) is 7.11 Å². The highest BCUT2D eigenvalue weighted by Crippen LogP contribution is 2.55. The Morgan fingerprint density at radius 1 is 1.37 bits per heavy atom. The fourth-order valence-corrected chi connectivity index (χ4v) is 3.19. The van der Waals surface area contributed by atoms with Crippen LogP contribution in [0.2, 0.25) is 0 Å². The van der Waals surface area contributed by atoms with E-state index in [0.29, 0.717) is 5.92 Å². The zero-order valence-electron chi connectivity index (χ0n) is 11.5. The average molecular weight is 260 g/mol. The molecule has 2 saturated carbocycles. The number of hydrogen-bond acceptors (Lipinski definition) is 2. The summed E-state index contributed by atoms with van der Waals surface area (Å²) in [5.74, 6) is 0.595. The molecule has 1 aromatic rings. The Kier molecular flexibility index (Phi) is 2.80. The minimum Gasteiger partial charge on any atom is -0.496 e. The first-order valence-electron chi connectivity index (χ1n) is 7.01. The molecule has 0 spiro atoms. The van der Waals surface area contributed by atoms with Crippen molar-refractivity contribution in [3.8, 4) is 5.75 Å². The molecule has 102 valence electrons. The van der Waals surface area contributed by atoms with E-state index in [1.54, 1.807) is 7.11 Å². The van der Waals surface area contributed by atoms with Crippen LogP contribution in [0.5, 0.6) is 5.75 Å². The summed E-state index contributed by atoms with van der Waals surface area (Å²) in [6, 6.07) is 4.14. The summed E-state index contributed by atoms with van der Waals surface area (Å²) in [5.41, 5.74) is 2.66. The van der Waals surface area contributed by atoms with Gasteiger partial charge in [0.15, 0.2) is 0 Å². The van der Waals surface area contributed by atoms with Crippen LogP contribution >= 0.6 is 0 Å². The summed E-state index contributed by atoms with van der Waals surface area (Å²) in [5, 5.41) is 9.59. The predicted molar refractivity (Wildman–Crippen MR) is 72.9 cm³/mol. The maximum Gasteiger partial charge on any atom is 0.314 e. The standard InChI is InChI=1S/C16H20O3/c1-10-8-12(11-4-3-5-11)14(13(9-10)19-2)16(6-7-16)15(17)18/h8-9,11H,3-7H2,1-2H3,(H,17,18). The maximum atomic E-state index is 11.7. The lowest BCUT2D eigenvalue weighted by atomic mass is 9.74. The summed E-state index contributed by atoms with van der Waals surface area (Å²) in [6.45, 7) is 2.05. The third-order valence-electron chi connectivity index (χ3n) is 4.68. The van der Waals surface area contributed by atoms with Gasteiger partial charge in [-0.05, 0) is 55.7 Å². The molecule has 3 nitrogen and oxygen atoms in total. The Labute approximate surface area is 113 Å². The van der Waals surface area contributed by atoms with Crippen molar-refractivity contribution in [3.63, 3.8) is 0 Å². The first kappa shape index (κ1) is 12.5. The molecule has 2 aliphatic carbocycles. The lowest BCUT2D eigenvalue weighted by Crippen LogP contribution is -2.24. The zero-order valence-corrected chi connectivity index (χ0v) is 11.5. The summed E-state index contributed by atoms with van der Waals surface area (Å²) in [4.78, 5) is 11.7. The lowest BCUT2D eigenvalue weighted by molar-refractivity contribution is -0.140. The van der Waals surface area contributed by atoms with Crippen molar-refractivity contribution in [2.24, 2.45) is 0 Å². The Morgan fingerprint density at radius 2 is 2.05 bits per heavy atom. The second kappa shape index (κ2) is 4.26. The second-order valence-corrected chi connectivity index (χ2v) is 5.95. The van der Waals surface area contributed by atoms with Gasteiger partial charge in [-0.3, -0.25) is 4.79 Å². The Bertz CT molecular complexity index is 525. The van der Waals surface area contributed by atoms with E-state index in [-0.39, 0.29) is 0 Å². The van der Waals surface area contributed by atoms with E-state index < -0.39 is 11.4 Å². The molecule has 0 bridgehead atoms. The van der Waals surface area contributed by atoms with Gasteiger partial charge in [0.1, 0.15) is 5.75 Å². The van der Waals surface area contributed by atoms with Crippen molar-refractivity contribution in [1.29, 1.82) is 0 Å². The second-order valence-electron chi connectivity index (χ2n) is 5.95. The number of methoxy groups -OCH3 is 1. The highest BCUT2D eigenvalue weighted by atomic mass is 16.5. The average Bonchev–Trinajstić information content (AvgIpc) is 3.07. The van der Waals surface area contributed by atoms with Gasteiger partial charge in [-0.25, -0.2) is 0 Å². The molecule has 19 heavy (non-hydrogen) atoms. The number of benzene rings is 1. The van der Waals surface area contributed by atoms with E-state index in [1.807, 2.05) is 6.07 Å². The number of carbonyl (C=O) groups is 1. The number of hydrogen-bond donors (Lipinski definition) is 1. The lowest BCUT2D eigenvalue weighted by Gasteiger charge is -2.31. The SMILES string of the molecule is COc1cc(C)cc(C2CCC2)c1C1(C(=O)O)CC1. The summed E-state index contributed by atoms with van der Waals surface area (Å²) in [7, 11) is 1.64. The maximum absolute atomic E-state index is 11.7. The van der Waals surface area contributed by atoms with Crippen molar-refractivity contribution >= 4 is 5.97 Å². The van der Waals surface area contributed by atoms with Gasteiger partial charge >= 0.3 is 5.97 Å². The smallest absolute Gasteiger partial charge is 0.314 e. The van der Waals surface area contributed by atoms with Crippen LogP contribution in [-0.4, -0.2) is 18.2 Å². The fraction of sp³-hybridized carbons (Fsp3) is 0.562. The van der Waals surface area contributed by atoms with E-state index in [0.717, 1.165) is 29.7 Å². The largest absolute Gasteiger partial charge is 0.496 e. The van der Waals surface area contributed by atoms with Crippen molar-refractivity contribution in [1.82, 2.24) is 0 Å². The summed E-state index contributed by atoms with van der Waals surface area (Å²) >= 11 is 0. The van der Waals surface area contributed by atoms with Crippen molar-refractivity contribution in [2.45, 2.75) is 50.4 Å². The van der Waals surface area contributed by atoms with Crippen LogP contribution in [0.1, 0.15) is 54.7 Å². The van der Waals surface area contributed by atoms with E-state index in [1.165, 1.54) is 24.8 Å².